The monoisotopic (exact) mass is 238 g/mol. The SMILES string of the molecule is CCCCNc1cc(NCCOC)nc(C)n1. The van der Waals surface area contributed by atoms with Crippen LogP contribution in [0.1, 0.15) is 25.6 Å². The Morgan fingerprint density at radius 3 is 2.41 bits per heavy atom. The lowest BCUT2D eigenvalue weighted by Crippen LogP contribution is -2.11. The van der Waals surface area contributed by atoms with Crippen LogP contribution in [0.4, 0.5) is 11.6 Å². The Balaban J connectivity index is 2.53. The first-order valence-electron chi connectivity index (χ1n) is 6.08. The van der Waals surface area contributed by atoms with E-state index in [1.165, 1.54) is 6.42 Å². The standard InChI is InChI=1S/C12H22N4O/c1-4-5-6-13-11-9-12(14-7-8-17-3)16-10(2)15-11/h9H,4-8H2,1-3H3,(H2,13,14,15,16). The van der Waals surface area contributed by atoms with Crippen molar-refractivity contribution in [3.63, 3.8) is 0 Å². The summed E-state index contributed by atoms with van der Waals surface area (Å²) in [4.78, 5) is 8.66. The van der Waals surface area contributed by atoms with Gasteiger partial charge in [-0.05, 0) is 13.3 Å². The third-order valence-corrected chi connectivity index (χ3v) is 2.29. The van der Waals surface area contributed by atoms with Gasteiger partial charge in [-0.25, -0.2) is 9.97 Å². The quantitative estimate of drug-likeness (QED) is 0.679. The van der Waals surface area contributed by atoms with E-state index in [0.717, 1.165) is 37.0 Å². The van der Waals surface area contributed by atoms with Gasteiger partial charge >= 0.3 is 0 Å². The summed E-state index contributed by atoms with van der Waals surface area (Å²) in [7, 11) is 1.69. The molecule has 5 heteroatoms. The predicted octanol–water partition coefficient (Wildman–Crippen LogP) is 2.06. The van der Waals surface area contributed by atoms with Crippen molar-refractivity contribution in [3.8, 4) is 0 Å². The zero-order valence-electron chi connectivity index (χ0n) is 10.9. The number of unbranched alkanes of at least 4 members (excludes halogenated alkanes) is 1. The minimum Gasteiger partial charge on any atom is -0.383 e. The van der Waals surface area contributed by atoms with E-state index in [-0.39, 0.29) is 0 Å². The molecule has 0 fully saturated rings. The van der Waals surface area contributed by atoms with Crippen LogP contribution in [0, 0.1) is 6.92 Å². The highest BCUT2D eigenvalue weighted by Gasteiger charge is 2.00. The maximum Gasteiger partial charge on any atom is 0.131 e. The predicted molar refractivity (Wildman–Crippen MR) is 70.5 cm³/mol. The van der Waals surface area contributed by atoms with Crippen LogP contribution in [0.3, 0.4) is 0 Å². The Kier molecular flexibility index (Phi) is 6.32. The summed E-state index contributed by atoms with van der Waals surface area (Å²) in [5.41, 5.74) is 0. The van der Waals surface area contributed by atoms with Crippen LogP contribution in [-0.4, -0.2) is 36.8 Å². The Morgan fingerprint density at radius 1 is 1.18 bits per heavy atom. The van der Waals surface area contributed by atoms with Crippen molar-refractivity contribution in [2.24, 2.45) is 0 Å². The summed E-state index contributed by atoms with van der Waals surface area (Å²) in [6.45, 7) is 6.44. The fourth-order valence-electron chi connectivity index (χ4n) is 1.42. The van der Waals surface area contributed by atoms with Crippen molar-refractivity contribution < 1.29 is 4.74 Å². The Morgan fingerprint density at radius 2 is 1.82 bits per heavy atom. The summed E-state index contributed by atoms with van der Waals surface area (Å²) < 4.78 is 4.98. The first-order valence-corrected chi connectivity index (χ1v) is 6.08. The maximum absolute atomic E-state index is 4.98. The van der Waals surface area contributed by atoms with E-state index in [2.05, 4.69) is 27.5 Å². The summed E-state index contributed by atoms with van der Waals surface area (Å²) in [5, 5.41) is 6.50. The van der Waals surface area contributed by atoms with E-state index in [9.17, 15) is 0 Å². The zero-order chi connectivity index (χ0) is 12.5. The van der Waals surface area contributed by atoms with E-state index in [0.29, 0.717) is 6.61 Å². The second-order valence-electron chi connectivity index (χ2n) is 3.89. The van der Waals surface area contributed by atoms with Gasteiger partial charge in [0.25, 0.3) is 0 Å². The molecule has 0 saturated carbocycles. The van der Waals surface area contributed by atoms with Crippen LogP contribution in [0.5, 0.6) is 0 Å². The molecule has 0 radical (unpaired) electrons. The van der Waals surface area contributed by atoms with Crippen molar-refractivity contribution in [1.29, 1.82) is 0 Å². The molecule has 1 aromatic heterocycles. The molecule has 0 bridgehead atoms. The molecule has 0 aliphatic heterocycles. The van der Waals surface area contributed by atoms with Gasteiger partial charge in [0.05, 0.1) is 6.61 Å². The van der Waals surface area contributed by atoms with Gasteiger partial charge in [0.2, 0.25) is 0 Å². The first-order chi connectivity index (χ1) is 8.26. The molecule has 0 aromatic carbocycles. The van der Waals surface area contributed by atoms with Gasteiger partial charge in [-0.15, -0.1) is 0 Å². The number of hydrogen-bond acceptors (Lipinski definition) is 5. The van der Waals surface area contributed by atoms with E-state index in [1.807, 2.05) is 13.0 Å². The Labute approximate surface area is 103 Å². The highest BCUT2D eigenvalue weighted by molar-refractivity contribution is 5.47. The van der Waals surface area contributed by atoms with Gasteiger partial charge in [0.15, 0.2) is 0 Å². The minimum absolute atomic E-state index is 0.668. The van der Waals surface area contributed by atoms with Crippen molar-refractivity contribution >= 4 is 11.6 Å². The van der Waals surface area contributed by atoms with Crippen LogP contribution >= 0.6 is 0 Å². The Bertz CT molecular complexity index is 302. The average molecular weight is 238 g/mol. The molecule has 0 aliphatic carbocycles. The molecule has 1 rings (SSSR count). The number of methoxy groups -OCH3 is 1. The summed E-state index contributed by atoms with van der Waals surface area (Å²) in [6.07, 6.45) is 2.32. The first kappa shape index (κ1) is 13.7. The van der Waals surface area contributed by atoms with Crippen molar-refractivity contribution in [3.05, 3.63) is 11.9 Å². The van der Waals surface area contributed by atoms with Gasteiger partial charge in [0, 0.05) is 26.3 Å². The lowest BCUT2D eigenvalue weighted by atomic mass is 10.3. The van der Waals surface area contributed by atoms with E-state index in [4.69, 9.17) is 4.74 Å². The molecule has 0 saturated heterocycles. The summed E-state index contributed by atoms with van der Waals surface area (Å²) >= 11 is 0. The van der Waals surface area contributed by atoms with Crippen LogP contribution in [-0.2, 0) is 4.74 Å². The minimum atomic E-state index is 0.668. The van der Waals surface area contributed by atoms with Gasteiger partial charge in [-0.2, -0.15) is 0 Å². The normalized spacial score (nSPS) is 10.3. The number of aromatic nitrogens is 2. The fraction of sp³-hybridized carbons (Fsp3) is 0.667. The highest BCUT2D eigenvalue weighted by atomic mass is 16.5. The molecule has 1 aromatic rings. The number of rotatable bonds is 8. The van der Waals surface area contributed by atoms with Gasteiger partial charge < -0.3 is 15.4 Å². The van der Waals surface area contributed by atoms with Crippen molar-refractivity contribution in [2.75, 3.05) is 37.4 Å². The highest BCUT2D eigenvalue weighted by Crippen LogP contribution is 2.10. The fourth-order valence-corrected chi connectivity index (χ4v) is 1.42. The number of anilines is 2. The molecule has 0 aliphatic rings. The van der Waals surface area contributed by atoms with Crippen LogP contribution in [0.15, 0.2) is 6.07 Å². The number of nitrogens with one attached hydrogen (secondary N) is 2. The van der Waals surface area contributed by atoms with E-state index < -0.39 is 0 Å². The molecule has 5 nitrogen and oxygen atoms in total. The number of hydrogen-bond donors (Lipinski definition) is 2. The molecule has 0 amide bonds. The van der Waals surface area contributed by atoms with E-state index in [1.54, 1.807) is 7.11 Å². The third-order valence-electron chi connectivity index (χ3n) is 2.29. The molecule has 0 atom stereocenters. The topological polar surface area (TPSA) is 59.1 Å². The van der Waals surface area contributed by atoms with Gasteiger partial charge in [-0.3, -0.25) is 0 Å². The average Bonchev–Trinajstić information content (AvgIpc) is 2.29. The van der Waals surface area contributed by atoms with Crippen molar-refractivity contribution in [1.82, 2.24) is 9.97 Å². The second kappa shape index (κ2) is 7.84. The maximum atomic E-state index is 4.98. The van der Waals surface area contributed by atoms with E-state index >= 15 is 0 Å². The molecule has 2 N–H and O–H groups in total. The molecule has 0 spiro atoms. The smallest absolute Gasteiger partial charge is 0.131 e. The number of aryl methyl sites for hydroxylation is 1. The number of nitrogens with zero attached hydrogens (tertiary/aromatic N) is 2. The molecular weight excluding hydrogens is 216 g/mol. The molecule has 17 heavy (non-hydrogen) atoms. The number of ether oxygens (including phenoxy) is 1. The zero-order valence-corrected chi connectivity index (χ0v) is 10.9. The summed E-state index contributed by atoms with van der Waals surface area (Å²) in [5.74, 6) is 2.49. The second-order valence-corrected chi connectivity index (χ2v) is 3.89. The molecule has 96 valence electrons. The summed E-state index contributed by atoms with van der Waals surface area (Å²) in [6, 6.07) is 1.93. The lowest BCUT2D eigenvalue weighted by molar-refractivity contribution is 0.210. The lowest BCUT2D eigenvalue weighted by Gasteiger charge is -2.09. The molecule has 0 unspecified atom stereocenters. The molecular formula is C12H22N4O. The van der Waals surface area contributed by atoms with Gasteiger partial charge in [0.1, 0.15) is 17.5 Å². The Hall–Kier alpha value is -1.36. The van der Waals surface area contributed by atoms with Crippen molar-refractivity contribution in [2.45, 2.75) is 26.7 Å². The van der Waals surface area contributed by atoms with Crippen LogP contribution < -0.4 is 10.6 Å². The third kappa shape index (κ3) is 5.49. The van der Waals surface area contributed by atoms with Gasteiger partial charge in [-0.1, -0.05) is 13.3 Å². The van der Waals surface area contributed by atoms with Crippen LogP contribution in [0.25, 0.3) is 0 Å². The largest absolute Gasteiger partial charge is 0.383 e. The molecule has 1 heterocycles. The van der Waals surface area contributed by atoms with Crippen LogP contribution in [0.2, 0.25) is 0 Å².